The first-order valence-electron chi connectivity index (χ1n) is 10.0. The molecule has 0 saturated carbocycles. The van der Waals surface area contributed by atoms with Gasteiger partial charge in [-0.05, 0) is 54.5 Å². The number of morpholine rings is 1. The maximum absolute atomic E-state index is 13.0. The van der Waals surface area contributed by atoms with Crippen molar-refractivity contribution in [2.45, 2.75) is 37.0 Å². The Balaban J connectivity index is 1.48. The van der Waals surface area contributed by atoms with Gasteiger partial charge in [0.2, 0.25) is 15.9 Å². The van der Waals surface area contributed by atoms with Crippen LogP contribution in [0.25, 0.3) is 0 Å². The van der Waals surface area contributed by atoms with Gasteiger partial charge in [0.25, 0.3) is 0 Å². The van der Waals surface area contributed by atoms with Crippen LogP contribution in [0.3, 0.4) is 0 Å². The number of nitrogens with zero attached hydrogens (tertiary/aromatic N) is 1. The van der Waals surface area contributed by atoms with E-state index in [1.165, 1.54) is 15.4 Å². The van der Waals surface area contributed by atoms with Gasteiger partial charge < -0.3 is 10.1 Å². The molecule has 1 fully saturated rings. The predicted octanol–water partition coefficient (Wildman–Crippen LogP) is 3.07. The van der Waals surface area contributed by atoms with Gasteiger partial charge in [0.05, 0.1) is 18.1 Å². The lowest BCUT2D eigenvalue weighted by Crippen LogP contribution is -2.40. The summed E-state index contributed by atoms with van der Waals surface area (Å²) in [6, 6.07) is 13.3. The molecule has 7 heteroatoms. The predicted molar refractivity (Wildman–Crippen MR) is 112 cm³/mol. The van der Waals surface area contributed by atoms with Crippen LogP contribution >= 0.6 is 0 Å². The van der Waals surface area contributed by atoms with E-state index in [4.69, 9.17) is 4.74 Å². The average molecular weight is 415 g/mol. The molecule has 0 spiro atoms. The average Bonchev–Trinajstić information content (AvgIpc) is 3.13. The minimum Gasteiger partial charge on any atom is -0.379 e. The first-order valence-corrected chi connectivity index (χ1v) is 11.5. The molecule has 1 atom stereocenters. The number of fused-ring (bicyclic) bond motifs is 1. The van der Waals surface area contributed by atoms with Crippen LogP contribution in [0.4, 0.5) is 5.69 Å². The first kappa shape index (κ1) is 20.1. The Bertz CT molecular complexity index is 1010. The summed E-state index contributed by atoms with van der Waals surface area (Å²) >= 11 is 0. The van der Waals surface area contributed by atoms with Crippen LogP contribution in [-0.2, 0) is 26.0 Å². The highest BCUT2D eigenvalue weighted by Gasteiger charge is 2.28. The smallest absolute Gasteiger partial charge is 0.243 e. The molecule has 1 saturated heterocycles. The molecule has 2 aromatic rings. The number of rotatable bonds is 5. The van der Waals surface area contributed by atoms with Crippen molar-refractivity contribution in [2.24, 2.45) is 0 Å². The third-order valence-corrected chi connectivity index (χ3v) is 7.79. The summed E-state index contributed by atoms with van der Waals surface area (Å²) in [5.74, 6) is 0.124. The number of hydrogen-bond acceptors (Lipinski definition) is 4. The molecule has 154 valence electrons. The minimum absolute atomic E-state index is 0.0923. The summed E-state index contributed by atoms with van der Waals surface area (Å²) in [6.45, 7) is 3.27. The van der Waals surface area contributed by atoms with Crippen LogP contribution in [0.15, 0.2) is 47.4 Å². The van der Waals surface area contributed by atoms with Crippen LogP contribution in [0.5, 0.6) is 0 Å². The quantitative estimate of drug-likeness (QED) is 0.816. The molecule has 1 aliphatic carbocycles. The van der Waals surface area contributed by atoms with E-state index < -0.39 is 10.0 Å². The molecule has 0 aromatic heterocycles. The van der Waals surface area contributed by atoms with Gasteiger partial charge in [0.1, 0.15) is 0 Å². The standard InChI is InChI=1S/C22H26N2O4S/c1-16-6-9-19(15-21(16)29(26,27)24-10-12-28-13-11-24)23-22(25)14-18-8-7-17-4-2-3-5-20(17)18/h2-6,9,15,18H,7-8,10-14H2,1H3,(H,23,25). The highest BCUT2D eigenvalue weighted by atomic mass is 32.2. The number of anilines is 1. The number of ether oxygens (including phenoxy) is 1. The Kier molecular flexibility index (Phi) is 5.72. The minimum atomic E-state index is -3.61. The maximum Gasteiger partial charge on any atom is 0.243 e. The lowest BCUT2D eigenvalue weighted by molar-refractivity contribution is -0.116. The van der Waals surface area contributed by atoms with Crippen LogP contribution in [0.2, 0.25) is 0 Å². The van der Waals surface area contributed by atoms with Gasteiger partial charge in [-0.15, -0.1) is 0 Å². The van der Waals surface area contributed by atoms with Crippen molar-refractivity contribution in [3.05, 3.63) is 59.2 Å². The van der Waals surface area contributed by atoms with Crippen molar-refractivity contribution in [3.8, 4) is 0 Å². The molecule has 1 amide bonds. The molecule has 1 unspecified atom stereocenters. The normalized spacial score (nSPS) is 19.7. The molecule has 29 heavy (non-hydrogen) atoms. The zero-order valence-electron chi connectivity index (χ0n) is 16.6. The van der Waals surface area contributed by atoms with E-state index in [0.29, 0.717) is 44.0 Å². The number of benzene rings is 2. The van der Waals surface area contributed by atoms with Crippen molar-refractivity contribution in [1.29, 1.82) is 0 Å². The lowest BCUT2D eigenvalue weighted by atomic mass is 9.97. The second kappa shape index (κ2) is 8.26. The second-order valence-corrected chi connectivity index (χ2v) is 9.59. The molecule has 4 rings (SSSR count). The monoisotopic (exact) mass is 414 g/mol. The van der Waals surface area contributed by atoms with E-state index in [1.807, 2.05) is 12.1 Å². The third-order valence-electron chi connectivity index (χ3n) is 5.75. The zero-order chi connectivity index (χ0) is 20.4. The highest BCUT2D eigenvalue weighted by Crippen LogP contribution is 2.35. The van der Waals surface area contributed by atoms with E-state index in [9.17, 15) is 13.2 Å². The Morgan fingerprint density at radius 2 is 1.93 bits per heavy atom. The molecule has 2 aromatic carbocycles. The molecule has 6 nitrogen and oxygen atoms in total. The van der Waals surface area contributed by atoms with Crippen molar-refractivity contribution >= 4 is 21.6 Å². The molecule has 0 bridgehead atoms. The van der Waals surface area contributed by atoms with E-state index in [0.717, 1.165) is 12.8 Å². The van der Waals surface area contributed by atoms with Gasteiger partial charge in [0, 0.05) is 25.2 Å². The number of carbonyl (C=O) groups is 1. The molecule has 1 N–H and O–H groups in total. The van der Waals surface area contributed by atoms with E-state index in [1.54, 1.807) is 25.1 Å². The van der Waals surface area contributed by atoms with Crippen LogP contribution < -0.4 is 5.32 Å². The molecule has 1 heterocycles. The maximum atomic E-state index is 13.0. The molecular weight excluding hydrogens is 388 g/mol. The molecule has 2 aliphatic rings. The largest absolute Gasteiger partial charge is 0.379 e. The van der Waals surface area contributed by atoms with Crippen molar-refractivity contribution < 1.29 is 17.9 Å². The zero-order valence-corrected chi connectivity index (χ0v) is 17.4. The highest BCUT2D eigenvalue weighted by molar-refractivity contribution is 7.89. The Morgan fingerprint density at radius 3 is 2.72 bits per heavy atom. The van der Waals surface area contributed by atoms with Gasteiger partial charge in [0.15, 0.2) is 0 Å². The van der Waals surface area contributed by atoms with E-state index in [-0.39, 0.29) is 16.7 Å². The number of amides is 1. The number of nitrogens with one attached hydrogen (secondary N) is 1. The fourth-order valence-electron chi connectivity index (χ4n) is 4.17. The first-order chi connectivity index (χ1) is 13.9. The van der Waals surface area contributed by atoms with Crippen LogP contribution in [0.1, 0.15) is 35.4 Å². The van der Waals surface area contributed by atoms with Crippen LogP contribution in [0, 0.1) is 6.92 Å². The number of sulfonamides is 1. The topological polar surface area (TPSA) is 75.7 Å². The summed E-state index contributed by atoms with van der Waals surface area (Å²) in [5.41, 5.74) is 3.75. The van der Waals surface area contributed by atoms with Gasteiger partial charge >= 0.3 is 0 Å². The summed E-state index contributed by atoms with van der Waals surface area (Å²) in [7, 11) is -3.61. The fourth-order valence-corrected chi connectivity index (χ4v) is 5.83. The van der Waals surface area contributed by atoms with Gasteiger partial charge in [-0.3, -0.25) is 4.79 Å². The summed E-state index contributed by atoms with van der Waals surface area (Å²) in [5, 5.41) is 2.90. The van der Waals surface area contributed by atoms with Crippen molar-refractivity contribution in [1.82, 2.24) is 4.31 Å². The molecule has 0 radical (unpaired) electrons. The van der Waals surface area contributed by atoms with Crippen LogP contribution in [-0.4, -0.2) is 44.9 Å². The number of aryl methyl sites for hydroxylation is 2. The molecular formula is C22H26N2O4S. The summed E-state index contributed by atoms with van der Waals surface area (Å²) in [4.78, 5) is 12.9. The SMILES string of the molecule is Cc1ccc(NC(=O)CC2CCc3ccccc32)cc1S(=O)(=O)N1CCOCC1. The summed E-state index contributed by atoms with van der Waals surface area (Å²) in [6.07, 6.45) is 2.37. The second-order valence-electron chi connectivity index (χ2n) is 7.68. The Labute approximate surface area is 171 Å². The van der Waals surface area contributed by atoms with Crippen molar-refractivity contribution in [3.63, 3.8) is 0 Å². The summed E-state index contributed by atoms with van der Waals surface area (Å²) < 4.78 is 32.7. The van der Waals surface area contributed by atoms with Gasteiger partial charge in [-0.25, -0.2) is 8.42 Å². The fraction of sp³-hybridized carbons (Fsp3) is 0.409. The lowest BCUT2D eigenvalue weighted by Gasteiger charge is -2.27. The molecule has 1 aliphatic heterocycles. The van der Waals surface area contributed by atoms with Gasteiger partial charge in [-0.1, -0.05) is 30.3 Å². The van der Waals surface area contributed by atoms with Crippen molar-refractivity contribution in [2.75, 3.05) is 31.6 Å². The third kappa shape index (κ3) is 4.22. The van der Waals surface area contributed by atoms with Gasteiger partial charge in [-0.2, -0.15) is 4.31 Å². The Morgan fingerprint density at radius 1 is 1.17 bits per heavy atom. The van der Waals surface area contributed by atoms with E-state index in [2.05, 4.69) is 17.4 Å². The Hall–Kier alpha value is -2.22. The number of hydrogen-bond donors (Lipinski definition) is 1. The number of carbonyl (C=O) groups excluding carboxylic acids is 1. The van der Waals surface area contributed by atoms with E-state index >= 15 is 0 Å².